The molecule has 1 N–H and O–H groups in total. The van der Waals surface area contributed by atoms with Crippen molar-refractivity contribution in [3.63, 3.8) is 0 Å². The molecule has 1 saturated carbocycles. The van der Waals surface area contributed by atoms with Crippen LogP contribution in [0.4, 0.5) is 13.2 Å². The first-order valence-electron chi connectivity index (χ1n) is 8.66. The van der Waals surface area contributed by atoms with Crippen LogP contribution in [0.1, 0.15) is 31.2 Å². The van der Waals surface area contributed by atoms with Crippen LogP contribution in [0.25, 0.3) is 0 Å². The molecule has 1 aliphatic heterocycles. The Morgan fingerprint density at radius 1 is 0.963 bits per heavy atom. The standard InChI is InChI=1S/C16H21F3N2O4S2/c17-16(18,19)13-1-3-14(4-2-13)26(22,23)20-11-12-7-9-21(10-8-12)27(24,25)15-5-6-15/h1-4,12,15,20H,5-11H2. The molecule has 3 rings (SSSR count). The highest BCUT2D eigenvalue weighted by molar-refractivity contribution is 7.90. The van der Waals surface area contributed by atoms with Gasteiger partial charge in [0, 0.05) is 19.6 Å². The van der Waals surface area contributed by atoms with E-state index in [1.807, 2.05) is 0 Å². The summed E-state index contributed by atoms with van der Waals surface area (Å²) in [4.78, 5) is -0.232. The molecule has 0 radical (unpaired) electrons. The van der Waals surface area contributed by atoms with Crippen LogP contribution in [0, 0.1) is 5.92 Å². The summed E-state index contributed by atoms with van der Waals surface area (Å²) in [5, 5.41) is -0.257. The molecule has 0 atom stereocenters. The lowest BCUT2D eigenvalue weighted by Gasteiger charge is -2.31. The molecule has 0 amide bonds. The van der Waals surface area contributed by atoms with Gasteiger partial charge < -0.3 is 0 Å². The fraction of sp³-hybridized carbons (Fsp3) is 0.625. The van der Waals surface area contributed by atoms with E-state index in [-0.39, 0.29) is 22.6 Å². The lowest BCUT2D eigenvalue weighted by atomic mass is 9.99. The van der Waals surface area contributed by atoms with Crippen molar-refractivity contribution in [2.24, 2.45) is 5.92 Å². The predicted molar refractivity (Wildman–Crippen MR) is 92.9 cm³/mol. The molecule has 2 fully saturated rings. The van der Waals surface area contributed by atoms with Crippen LogP contribution in [-0.2, 0) is 26.2 Å². The third kappa shape index (κ3) is 4.82. The van der Waals surface area contributed by atoms with Gasteiger partial charge >= 0.3 is 6.18 Å². The Morgan fingerprint density at radius 2 is 1.52 bits per heavy atom. The van der Waals surface area contributed by atoms with Gasteiger partial charge in [-0.25, -0.2) is 25.9 Å². The first kappa shape index (κ1) is 20.6. The fourth-order valence-electron chi connectivity index (χ4n) is 3.08. The van der Waals surface area contributed by atoms with E-state index in [0.29, 0.717) is 38.8 Å². The zero-order valence-electron chi connectivity index (χ0n) is 14.4. The molecule has 2 aliphatic rings. The Hall–Kier alpha value is -1.17. The number of alkyl halides is 3. The highest BCUT2D eigenvalue weighted by atomic mass is 32.2. The molecule has 27 heavy (non-hydrogen) atoms. The summed E-state index contributed by atoms with van der Waals surface area (Å²) in [5.41, 5.74) is -0.911. The van der Waals surface area contributed by atoms with Crippen LogP contribution in [-0.4, -0.2) is 46.0 Å². The van der Waals surface area contributed by atoms with Gasteiger partial charge in [0.1, 0.15) is 0 Å². The van der Waals surface area contributed by atoms with Gasteiger partial charge in [0.2, 0.25) is 20.0 Å². The van der Waals surface area contributed by atoms with Crippen molar-refractivity contribution in [3.8, 4) is 0 Å². The van der Waals surface area contributed by atoms with Gasteiger partial charge in [-0.3, -0.25) is 0 Å². The first-order valence-corrected chi connectivity index (χ1v) is 11.6. The van der Waals surface area contributed by atoms with Gasteiger partial charge in [-0.1, -0.05) is 0 Å². The van der Waals surface area contributed by atoms with Gasteiger partial charge in [-0.2, -0.15) is 13.2 Å². The highest BCUT2D eigenvalue weighted by Crippen LogP contribution is 2.33. The maximum atomic E-state index is 12.6. The van der Waals surface area contributed by atoms with E-state index in [0.717, 1.165) is 24.3 Å². The molecule has 1 aliphatic carbocycles. The Morgan fingerprint density at radius 3 is 2.00 bits per heavy atom. The molecular weight excluding hydrogens is 405 g/mol. The second-order valence-electron chi connectivity index (χ2n) is 6.96. The van der Waals surface area contributed by atoms with Crippen LogP contribution < -0.4 is 4.72 Å². The molecule has 0 aromatic heterocycles. The third-order valence-electron chi connectivity index (χ3n) is 4.93. The van der Waals surface area contributed by atoms with Crippen LogP contribution in [0.15, 0.2) is 29.2 Å². The normalized spacial score (nSPS) is 20.7. The second kappa shape index (κ2) is 7.34. The smallest absolute Gasteiger partial charge is 0.212 e. The Balaban J connectivity index is 1.54. The quantitative estimate of drug-likeness (QED) is 0.756. The number of nitrogens with zero attached hydrogens (tertiary/aromatic N) is 1. The number of sulfonamides is 2. The van der Waals surface area contributed by atoms with Crippen molar-refractivity contribution in [2.45, 2.75) is 42.0 Å². The van der Waals surface area contributed by atoms with Crippen molar-refractivity contribution < 1.29 is 30.0 Å². The molecule has 0 unspecified atom stereocenters. The molecule has 6 nitrogen and oxygen atoms in total. The molecule has 1 heterocycles. The predicted octanol–water partition coefficient (Wildman–Crippen LogP) is 2.19. The summed E-state index contributed by atoms with van der Waals surface area (Å²) in [6.07, 6.45) is -2.03. The molecule has 1 aromatic rings. The van der Waals surface area contributed by atoms with E-state index < -0.39 is 31.8 Å². The van der Waals surface area contributed by atoms with Crippen molar-refractivity contribution >= 4 is 20.0 Å². The average molecular weight is 426 g/mol. The maximum Gasteiger partial charge on any atom is 0.416 e. The molecule has 1 aromatic carbocycles. The highest BCUT2D eigenvalue weighted by Gasteiger charge is 2.41. The minimum absolute atomic E-state index is 0.0140. The Kier molecular flexibility index (Phi) is 5.59. The van der Waals surface area contributed by atoms with E-state index in [9.17, 15) is 30.0 Å². The monoisotopic (exact) mass is 426 g/mol. The molecular formula is C16H21F3N2O4S2. The van der Waals surface area contributed by atoms with Crippen molar-refractivity contribution in [1.82, 2.24) is 9.03 Å². The number of hydrogen-bond donors (Lipinski definition) is 1. The molecule has 0 spiro atoms. The topological polar surface area (TPSA) is 83.6 Å². The second-order valence-corrected chi connectivity index (χ2v) is 10.9. The maximum absolute atomic E-state index is 12.6. The van der Waals surface area contributed by atoms with Crippen LogP contribution in [0.3, 0.4) is 0 Å². The third-order valence-corrected chi connectivity index (χ3v) is 8.77. The van der Waals surface area contributed by atoms with E-state index >= 15 is 0 Å². The van der Waals surface area contributed by atoms with E-state index in [2.05, 4.69) is 4.72 Å². The SMILES string of the molecule is O=S(=O)(NCC1CCN(S(=O)(=O)C2CC2)CC1)c1ccc(C(F)(F)F)cc1. The lowest BCUT2D eigenvalue weighted by Crippen LogP contribution is -2.42. The van der Waals surface area contributed by atoms with Crippen LogP contribution in [0.2, 0.25) is 0 Å². The minimum Gasteiger partial charge on any atom is -0.212 e. The number of halogens is 3. The van der Waals surface area contributed by atoms with E-state index in [1.165, 1.54) is 4.31 Å². The van der Waals surface area contributed by atoms with Gasteiger partial charge in [0.25, 0.3) is 0 Å². The van der Waals surface area contributed by atoms with Gasteiger partial charge in [0.05, 0.1) is 15.7 Å². The zero-order chi connectivity index (χ0) is 19.9. The Labute approximate surface area is 156 Å². The van der Waals surface area contributed by atoms with Crippen LogP contribution >= 0.6 is 0 Å². The molecule has 1 saturated heterocycles. The van der Waals surface area contributed by atoms with Gasteiger partial charge in [-0.15, -0.1) is 0 Å². The van der Waals surface area contributed by atoms with Gasteiger partial charge in [-0.05, 0) is 55.9 Å². The number of benzene rings is 1. The summed E-state index contributed by atoms with van der Waals surface area (Å²) in [6, 6.07) is 3.32. The summed E-state index contributed by atoms with van der Waals surface area (Å²) in [7, 11) is -7.13. The van der Waals surface area contributed by atoms with E-state index in [1.54, 1.807) is 0 Å². The number of rotatable bonds is 6. The summed E-state index contributed by atoms with van der Waals surface area (Å²) in [6.45, 7) is 0.859. The molecule has 11 heteroatoms. The number of nitrogens with one attached hydrogen (secondary N) is 1. The largest absolute Gasteiger partial charge is 0.416 e. The minimum atomic E-state index is -4.52. The first-order chi connectivity index (χ1) is 12.5. The van der Waals surface area contributed by atoms with Crippen LogP contribution in [0.5, 0.6) is 0 Å². The van der Waals surface area contributed by atoms with Crippen molar-refractivity contribution in [2.75, 3.05) is 19.6 Å². The van der Waals surface area contributed by atoms with Crippen molar-refractivity contribution in [1.29, 1.82) is 0 Å². The summed E-state index contributed by atoms with van der Waals surface area (Å²) >= 11 is 0. The Bertz CT molecular complexity index is 871. The molecule has 0 bridgehead atoms. The number of piperidine rings is 1. The van der Waals surface area contributed by atoms with E-state index in [4.69, 9.17) is 0 Å². The summed E-state index contributed by atoms with van der Waals surface area (Å²) in [5.74, 6) is -0.0140. The zero-order valence-corrected chi connectivity index (χ0v) is 16.1. The summed E-state index contributed by atoms with van der Waals surface area (Å²) < 4.78 is 90.5. The number of hydrogen-bond acceptors (Lipinski definition) is 4. The van der Waals surface area contributed by atoms with Crippen molar-refractivity contribution in [3.05, 3.63) is 29.8 Å². The van der Waals surface area contributed by atoms with Gasteiger partial charge in [0.15, 0.2) is 0 Å². The fourth-order valence-corrected chi connectivity index (χ4v) is 6.07. The lowest BCUT2D eigenvalue weighted by molar-refractivity contribution is -0.137. The molecule has 152 valence electrons. The average Bonchev–Trinajstić information content (AvgIpc) is 3.45.